The van der Waals surface area contributed by atoms with E-state index in [0.29, 0.717) is 35.3 Å². The van der Waals surface area contributed by atoms with Crippen LogP contribution in [0.1, 0.15) is 32.4 Å². The van der Waals surface area contributed by atoms with Gasteiger partial charge >= 0.3 is 0 Å². The molecule has 0 saturated heterocycles. The second-order valence-corrected chi connectivity index (χ2v) is 7.04. The molecule has 4 N–H and O–H groups in total. The Morgan fingerprint density at radius 3 is 2.70 bits per heavy atom. The summed E-state index contributed by atoms with van der Waals surface area (Å²) in [5.74, 6) is 0.670. The van der Waals surface area contributed by atoms with Crippen LogP contribution in [-0.2, 0) is 4.79 Å². The van der Waals surface area contributed by atoms with Crippen molar-refractivity contribution in [2.24, 2.45) is 11.1 Å². The lowest BCUT2D eigenvalue weighted by Crippen LogP contribution is -2.49. The van der Waals surface area contributed by atoms with E-state index >= 15 is 0 Å². The van der Waals surface area contributed by atoms with Crippen molar-refractivity contribution in [3.63, 3.8) is 0 Å². The maximum atomic E-state index is 12.0. The topological polar surface area (TPSA) is 93.8 Å². The molecule has 2 rings (SSSR count). The molecule has 1 aromatic rings. The van der Waals surface area contributed by atoms with E-state index in [1.807, 2.05) is 20.8 Å². The number of nitrogens with two attached hydrogens (primary N) is 1. The number of carbonyl (C=O) groups excluding carboxylic acids is 1. The van der Waals surface area contributed by atoms with Crippen molar-refractivity contribution < 1.29 is 19.4 Å². The maximum absolute atomic E-state index is 12.0. The third-order valence-electron chi connectivity index (χ3n) is 3.69. The van der Waals surface area contributed by atoms with Gasteiger partial charge in [-0.1, -0.05) is 32.4 Å². The molecule has 128 valence electrons. The van der Waals surface area contributed by atoms with E-state index in [2.05, 4.69) is 5.32 Å². The highest BCUT2D eigenvalue weighted by molar-refractivity contribution is 6.32. The quantitative estimate of drug-likeness (QED) is 0.773. The zero-order chi connectivity index (χ0) is 17.2. The molecule has 7 heteroatoms. The van der Waals surface area contributed by atoms with Gasteiger partial charge in [0.15, 0.2) is 11.5 Å². The number of aliphatic hydroxyl groups excluding tert-OH is 1. The molecule has 0 aromatic heterocycles. The molecule has 0 fully saturated rings. The van der Waals surface area contributed by atoms with Gasteiger partial charge in [-0.3, -0.25) is 4.79 Å². The second kappa shape index (κ2) is 6.95. The average Bonchev–Trinajstić information content (AvgIpc) is 2.50. The molecular weight excluding hydrogens is 320 g/mol. The van der Waals surface area contributed by atoms with Gasteiger partial charge in [-0.15, -0.1) is 0 Å². The summed E-state index contributed by atoms with van der Waals surface area (Å²) in [6, 6.07) is 2.62. The first kappa shape index (κ1) is 17.8. The van der Waals surface area contributed by atoms with Crippen molar-refractivity contribution in [3.05, 3.63) is 22.7 Å². The summed E-state index contributed by atoms with van der Waals surface area (Å²) >= 11 is 6.14. The highest BCUT2D eigenvalue weighted by Crippen LogP contribution is 2.39. The molecule has 1 aromatic carbocycles. The molecule has 1 unspecified atom stereocenters. The van der Waals surface area contributed by atoms with Crippen LogP contribution in [0.4, 0.5) is 0 Å². The Morgan fingerprint density at radius 2 is 2.04 bits per heavy atom. The summed E-state index contributed by atoms with van der Waals surface area (Å²) in [4.78, 5) is 12.0. The average molecular weight is 343 g/mol. The van der Waals surface area contributed by atoms with Crippen LogP contribution in [-0.4, -0.2) is 36.8 Å². The van der Waals surface area contributed by atoms with Crippen LogP contribution in [0.5, 0.6) is 11.5 Å². The summed E-state index contributed by atoms with van der Waals surface area (Å²) in [7, 11) is 0. The van der Waals surface area contributed by atoms with Crippen LogP contribution in [0.3, 0.4) is 0 Å². The molecule has 1 aliphatic rings. The molecule has 0 bridgehead atoms. The fourth-order valence-electron chi connectivity index (χ4n) is 2.14. The van der Waals surface area contributed by atoms with E-state index in [9.17, 15) is 9.90 Å². The molecule has 0 saturated carbocycles. The minimum absolute atomic E-state index is 0.0403. The number of rotatable bonds is 4. The van der Waals surface area contributed by atoms with Crippen molar-refractivity contribution in [2.45, 2.75) is 32.9 Å². The highest BCUT2D eigenvalue weighted by Gasteiger charge is 2.28. The van der Waals surface area contributed by atoms with Gasteiger partial charge in [0.1, 0.15) is 13.2 Å². The summed E-state index contributed by atoms with van der Waals surface area (Å²) in [5.41, 5.74) is 6.08. The Hall–Kier alpha value is -1.50. The Labute approximate surface area is 140 Å². The molecule has 23 heavy (non-hydrogen) atoms. The number of halogens is 1. The van der Waals surface area contributed by atoms with Crippen LogP contribution >= 0.6 is 11.6 Å². The fraction of sp³-hybridized carbons (Fsp3) is 0.562. The molecule has 1 heterocycles. The van der Waals surface area contributed by atoms with Crippen molar-refractivity contribution in [1.82, 2.24) is 5.32 Å². The fourth-order valence-corrected chi connectivity index (χ4v) is 2.42. The predicted molar refractivity (Wildman–Crippen MR) is 87.8 cm³/mol. The zero-order valence-electron chi connectivity index (χ0n) is 13.6. The van der Waals surface area contributed by atoms with Crippen molar-refractivity contribution in [2.75, 3.05) is 19.8 Å². The number of hydrogen-bond donors (Lipinski definition) is 3. The summed E-state index contributed by atoms with van der Waals surface area (Å²) < 4.78 is 10.9. The van der Waals surface area contributed by atoms with E-state index < -0.39 is 12.1 Å². The lowest BCUT2D eigenvalue weighted by atomic mass is 9.87. The van der Waals surface area contributed by atoms with Gasteiger partial charge < -0.3 is 25.6 Å². The van der Waals surface area contributed by atoms with Gasteiger partial charge in [-0.25, -0.2) is 0 Å². The minimum atomic E-state index is -0.917. The lowest BCUT2D eigenvalue weighted by Gasteiger charge is -2.26. The standard InChI is InChI=1S/C16H23ClN2O4/c1-16(2,3)14(18)15(21)19-8-11(20)9-6-10(17)13-12(7-9)22-4-5-23-13/h6-7,11,14,20H,4-5,8,18H2,1-3H3,(H,19,21)/t11?,14-/m1/s1. The monoisotopic (exact) mass is 342 g/mol. The largest absolute Gasteiger partial charge is 0.486 e. The van der Waals surface area contributed by atoms with Crippen LogP contribution in [0, 0.1) is 5.41 Å². The first-order chi connectivity index (χ1) is 10.7. The number of amides is 1. The van der Waals surface area contributed by atoms with Gasteiger partial charge in [0.2, 0.25) is 5.91 Å². The normalized spacial score (nSPS) is 16.6. The van der Waals surface area contributed by atoms with Gasteiger partial charge in [0.05, 0.1) is 17.2 Å². The first-order valence-electron chi connectivity index (χ1n) is 7.50. The summed E-state index contributed by atoms with van der Waals surface area (Å²) in [6.07, 6.45) is -0.917. The third-order valence-corrected chi connectivity index (χ3v) is 3.97. The molecule has 0 spiro atoms. The Balaban J connectivity index is 2.03. The molecule has 6 nitrogen and oxygen atoms in total. The number of ether oxygens (including phenoxy) is 2. The van der Waals surface area contributed by atoms with Gasteiger partial charge in [-0.2, -0.15) is 0 Å². The van der Waals surface area contributed by atoms with E-state index in [4.69, 9.17) is 26.8 Å². The summed E-state index contributed by atoms with van der Waals surface area (Å²) in [5, 5.41) is 13.3. The second-order valence-electron chi connectivity index (χ2n) is 6.63. The SMILES string of the molecule is CC(C)(C)[C@H](N)C(=O)NCC(O)c1cc(Cl)c2c(c1)OCCO2. The number of hydrogen-bond acceptors (Lipinski definition) is 5. The van der Waals surface area contributed by atoms with Gasteiger partial charge in [-0.05, 0) is 23.1 Å². The highest BCUT2D eigenvalue weighted by atomic mass is 35.5. The van der Waals surface area contributed by atoms with E-state index in [1.165, 1.54) is 0 Å². The molecular formula is C16H23ClN2O4. The first-order valence-corrected chi connectivity index (χ1v) is 7.88. The number of nitrogens with one attached hydrogen (secondary N) is 1. The number of fused-ring (bicyclic) bond motifs is 1. The molecule has 2 atom stereocenters. The Bertz CT molecular complexity index is 586. The van der Waals surface area contributed by atoms with Crippen molar-refractivity contribution in [3.8, 4) is 11.5 Å². The van der Waals surface area contributed by atoms with Crippen molar-refractivity contribution >= 4 is 17.5 Å². The van der Waals surface area contributed by atoms with Crippen LogP contribution < -0.4 is 20.5 Å². The minimum Gasteiger partial charge on any atom is -0.486 e. The molecule has 0 aliphatic carbocycles. The molecule has 1 amide bonds. The maximum Gasteiger partial charge on any atom is 0.237 e. The van der Waals surface area contributed by atoms with E-state index in [1.54, 1.807) is 12.1 Å². The van der Waals surface area contributed by atoms with E-state index in [0.717, 1.165) is 0 Å². The lowest BCUT2D eigenvalue weighted by molar-refractivity contribution is -0.125. The van der Waals surface area contributed by atoms with Gasteiger partial charge in [0.25, 0.3) is 0 Å². The Kier molecular flexibility index (Phi) is 5.39. The Morgan fingerprint density at radius 1 is 1.39 bits per heavy atom. The number of benzene rings is 1. The van der Waals surface area contributed by atoms with Crippen LogP contribution in [0.25, 0.3) is 0 Å². The van der Waals surface area contributed by atoms with Crippen LogP contribution in [0.2, 0.25) is 5.02 Å². The molecule has 0 radical (unpaired) electrons. The predicted octanol–water partition coefficient (Wildman–Crippen LogP) is 1.63. The summed E-state index contributed by atoms with van der Waals surface area (Å²) in [6.45, 7) is 6.56. The number of aliphatic hydroxyl groups is 1. The smallest absolute Gasteiger partial charge is 0.237 e. The molecule has 1 aliphatic heterocycles. The third kappa shape index (κ3) is 4.28. The zero-order valence-corrected chi connectivity index (χ0v) is 14.3. The van der Waals surface area contributed by atoms with Crippen LogP contribution in [0.15, 0.2) is 12.1 Å². The number of carbonyl (C=O) groups is 1. The van der Waals surface area contributed by atoms with Crippen molar-refractivity contribution in [1.29, 1.82) is 0 Å². The van der Waals surface area contributed by atoms with E-state index in [-0.39, 0.29) is 17.9 Å². The van der Waals surface area contributed by atoms with Gasteiger partial charge in [0, 0.05) is 6.54 Å².